The van der Waals surface area contributed by atoms with Crippen molar-refractivity contribution in [1.29, 1.82) is 0 Å². The minimum Gasteiger partial charge on any atom is -0.506 e. The van der Waals surface area contributed by atoms with Gasteiger partial charge in [-0.1, -0.05) is 0 Å². The van der Waals surface area contributed by atoms with Gasteiger partial charge in [0.05, 0.1) is 11.8 Å². The summed E-state index contributed by atoms with van der Waals surface area (Å²) in [5, 5.41) is 9.55. The molecule has 1 aliphatic carbocycles. The summed E-state index contributed by atoms with van der Waals surface area (Å²) in [6.45, 7) is 4.13. The Balaban J connectivity index is 1.80. The lowest BCUT2D eigenvalue weighted by Crippen LogP contribution is -2.58. The Morgan fingerprint density at radius 2 is 2.24 bits per heavy atom. The highest BCUT2D eigenvalue weighted by molar-refractivity contribution is 6.10. The number of rotatable bonds is 3. The average Bonchev–Trinajstić information content (AvgIpc) is 2.35. The first-order valence-corrected chi connectivity index (χ1v) is 7.56. The zero-order valence-corrected chi connectivity index (χ0v) is 12.8. The van der Waals surface area contributed by atoms with Gasteiger partial charge in [-0.15, -0.1) is 0 Å². The third-order valence-corrected chi connectivity index (χ3v) is 4.25. The third-order valence-electron chi connectivity index (χ3n) is 4.25. The lowest BCUT2D eigenvalue weighted by atomic mass is 9.75. The number of amides is 1. The number of pyridine rings is 1. The highest BCUT2D eigenvalue weighted by Gasteiger charge is 2.47. The number of carbonyl (C=O) groups excluding carboxylic acids is 1. The zero-order valence-electron chi connectivity index (χ0n) is 12.8. The van der Waals surface area contributed by atoms with E-state index in [1.165, 1.54) is 6.20 Å². The molecule has 1 N–H and O–H groups in total. The van der Waals surface area contributed by atoms with Crippen molar-refractivity contribution in [2.24, 2.45) is 0 Å². The van der Waals surface area contributed by atoms with Gasteiger partial charge in [0.15, 0.2) is 0 Å². The number of aromatic hydroxyl groups is 1. The molecule has 1 amide bonds. The fraction of sp³-hybridized carbons (Fsp3) is 0.600. The van der Waals surface area contributed by atoms with Crippen LogP contribution in [-0.4, -0.2) is 41.5 Å². The lowest BCUT2D eigenvalue weighted by Gasteiger charge is -2.50. The van der Waals surface area contributed by atoms with E-state index in [1.54, 1.807) is 6.07 Å². The number of aryl methyl sites for hydroxylation is 1. The van der Waals surface area contributed by atoms with Crippen molar-refractivity contribution in [3.63, 3.8) is 0 Å². The summed E-state index contributed by atoms with van der Waals surface area (Å²) in [6, 6.07) is 2.05. The van der Waals surface area contributed by atoms with E-state index in [9.17, 15) is 9.90 Å². The van der Waals surface area contributed by atoms with Gasteiger partial charge < -0.3 is 9.84 Å². The normalized spacial score (nSPS) is 29.7. The number of hydrogen-bond donors (Lipinski definition) is 1. The molecule has 3 rings (SSSR count). The second-order valence-corrected chi connectivity index (χ2v) is 6.62. The summed E-state index contributed by atoms with van der Waals surface area (Å²) in [4.78, 5) is 18.4. The van der Waals surface area contributed by atoms with Crippen LogP contribution in [0.15, 0.2) is 12.3 Å². The number of hydrogen-bond acceptors (Lipinski definition) is 4. The number of ether oxygens (including phenoxy) is 1. The fourth-order valence-corrected chi connectivity index (χ4v) is 3.53. The van der Waals surface area contributed by atoms with Gasteiger partial charge in [-0.05, 0) is 44.7 Å². The van der Waals surface area contributed by atoms with Gasteiger partial charge in [-0.25, -0.2) is 4.98 Å². The molecule has 0 unspecified atom stereocenters. The molecule has 1 atom stereocenters. The van der Waals surface area contributed by atoms with Crippen molar-refractivity contribution in [2.75, 3.05) is 4.90 Å². The summed E-state index contributed by atoms with van der Waals surface area (Å²) in [7, 11) is 2.03. The zero-order chi connectivity index (χ0) is 15.2. The molecule has 0 aromatic carbocycles. The van der Waals surface area contributed by atoms with E-state index >= 15 is 0 Å². The molecule has 0 radical (unpaired) electrons. The van der Waals surface area contributed by atoms with Crippen LogP contribution in [0.5, 0.6) is 5.75 Å². The van der Waals surface area contributed by atoms with E-state index in [2.05, 4.69) is 11.9 Å². The Hall–Kier alpha value is -1.56. The Morgan fingerprint density at radius 3 is 2.90 bits per heavy atom. The molecule has 5 nitrogen and oxygen atoms in total. The Morgan fingerprint density at radius 1 is 1.52 bits per heavy atom. The minimum atomic E-state index is -0.145. The van der Waals surface area contributed by atoms with Crippen LogP contribution in [0, 0.1) is 0 Å². The fourth-order valence-electron chi connectivity index (χ4n) is 3.53. The molecule has 1 aromatic heterocycles. The Labute approximate surface area is 125 Å². The van der Waals surface area contributed by atoms with Crippen LogP contribution < -0.4 is 4.90 Å². The van der Waals surface area contributed by atoms with Crippen LogP contribution >= 0.6 is 0 Å². The summed E-state index contributed by atoms with van der Waals surface area (Å²) >= 11 is 0. The van der Waals surface area contributed by atoms with Crippen molar-refractivity contribution in [3.05, 3.63) is 17.8 Å². The molecule has 1 aromatic rings. The monoisotopic (exact) mass is 288 g/mol. The molecule has 1 saturated carbocycles. The molecule has 0 bridgehead atoms. The molecule has 0 spiro atoms. The number of aromatic nitrogens is 1. The van der Waals surface area contributed by atoms with Crippen LogP contribution in [0.1, 0.15) is 38.7 Å². The van der Waals surface area contributed by atoms with Crippen LogP contribution in [0.3, 0.4) is 0 Å². The van der Waals surface area contributed by atoms with E-state index in [0.29, 0.717) is 18.7 Å². The molecular weight excluding hydrogens is 267 g/mol. The van der Waals surface area contributed by atoms with Gasteiger partial charge >= 0.3 is 0 Å². The van der Waals surface area contributed by atoms with Crippen LogP contribution in [-0.2, 0) is 16.0 Å². The smallest absolute Gasteiger partial charge is 0.228 e. The van der Waals surface area contributed by atoms with Crippen LogP contribution in [0.2, 0.25) is 0 Å². The standard InChI is InChI=1S/C15H21BN2O3/c1-9(16)21-15(2)6-11(7-15)18-13(20)4-3-10-5-12(19)8-17-14(10)18/h5,8-9,11,19H,3-4,6-7,16H2,1-2H3/t9-,11?,15?/m0/s1. The quantitative estimate of drug-likeness (QED) is 0.842. The Bertz CT molecular complexity index is 570. The van der Waals surface area contributed by atoms with Gasteiger partial charge in [0.1, 0.15) is 19.4 Å². The number of nitrogens with zero attached hydrogens (tertiary/aromatic N) is 2. The highest BCUT2D eigenvalue weighted by atomic mass is 16.5. The van der Waals surface area contributed by atoms with Gasteiger partial charge in [-0.2, -0.15) is 0 Å². The maximum Gasteiger partial charge on any atom is 0.228 e. The third kappa shape index (κ3) is 2.64. The Kier molecular flexibility index (Phi) is 3.44. The van der Waals surface area contributed by atoms with E-state index in [4.69, 9.17) is 4.74 Å². The molecule has 6 heteroatoms. The maximum absolute atomic E-state index is 12.3. The summed E-state index contributed by atoms with van der Waals surface area (Å²) in [5.41, 5.74) is 0.807. The summed E-state index contributed by atoms with van der Waals surface area (Å²) in [6.07, 6.45) is 4.21. The van der Waals surface area contributed by atoms with Gasteiger partial charge in [0.25, 0.3) is 0 Å². The summed E-state index contributed by atoms with van der Waals surface area (Å²) in [5.74, 6) is 0.988. The molecular formula is C15H21BN2O3. The average molecular weight is 288 g/mol. The molecule has 0 saturated heterocycles. The molecule has 1 fully saturated rings. The van der Waals surface area contributed by atoms with Gasteiger partial charge in [-0.3, -0.25) is 9.69 Å². The first kappa shape index (κ1) is 14.4. The van der Waals surface area contributed by atoms with Crippen molar-refractivity contribution in [1.82, 2.24) is 4.98 Å². The largest absolute Gasteiger partial charge is 0.506 e. The number of fused-ring (bicyclic) bond motifs is 1. The topological polar surface area (TPSA) is 62.7 Å². The summed E-state index contributed by atoms with van der Waals surface area (Å²) < 4.78 is 5.94. The molecule has 2 aliphatic rings. The van der Waals surface area contributed by atoms with E-state index in [-0.39, 0.29) is 29.3 Å². The van der Waals surface area contributed by atoms with Crippen molar-refractivity contribution in [2.45, 2.75) is 57.2 Å². The van der Waals surface area contributed by atoms with Crippen molar-refractivity contribution < 1.29 is 14.6 Å². The molecule has 112 valence electrons. The SMILES string of the molecule is B[C@H](C)OC1(C)CC(N2C(=O)CCc3cc(O)cnc32)C1. The first-order chi connectivity index (χ1) is 9.88. The second kappa shape index (κ2) is 5.02. The minimum absolute atomic E-state index is 0.122. The number of carbonyl (C=O) groups is 1. The van der Waals surface area contributed by atoms with Crippen molar-refractivity contribution >= 4 is 19.6 Å². The van der Waals surface area contributed by atoms with Crippen LogP contribution in [0.4, 0.5) is 5.82 Å². The van der Waals surface area contributed by atoms with Gasteiger partial charge in [0, 0.05) is 18.5 Å². The molecule has 21 heavy (non-hydrogen) atoms. The second-order valence-electron chi connectivity index (χ2n) is 6.62. The molecule has 1 aliphatic heterocycles. The highest BCUT2D eigenvalue weighted by Crippen LogP contribution is 2.43. The molecule has 2 heterocycles. The van der Waals surface area contributed by atoms with Crippen LogP contribution in [0.25, 0.3) is 0 Å². The predicted molar refractivity (Wildman–Crippen MR) is 82.2 cm³/mol. The van der Waals surface area contributed by atoms with E-state index in [1.807, 2.05) is 19.7 Å². The predicted octanol–water partition coefficient (Wildman–Crippen LogP) is 0.983. The van der Waals surface area contributed by atoms with E-state index < -0.39 is 0 Å². The van der Waals surface area contributed by atoms with E-state index in [0.717, 1.165) is 18.4 Å². The number of anilines is 1. The van der Waals surface area contributed by atoms with Gasteiger partial charge in [0.2, 0.25) is 5.91 Å². The first-order valence-electron chi connectivity index (χ1n) is 7.56. The van der Waals surface area contributed by atoms with Crippen molar-refractivity contribution in [3.8, 4) is 5.75 Å². The maximum atomic E-state index is 12.3. The lowest BCUT2D eigenvalue weighted by molar-refractivity contribution is -0.126.